The van der Waals surface area contributed by atoms with Crippen LogP contribution in [0, 0.1) is 35.5 Å². The molecule has 0 fully saturated rings. The van der Waals surface area contributed by atoms with Gasteiger partial charge < -0.3 is 96.1 Å². The molecule has 30 heteroatoms. The lowest BCUT2D eigenvalue weighted by Gasteiger charge is -2.30. The summed E-state index contributed by atoms with van der Waals surface area (Å²) in [5.74, 6) is 4.30. The van der Waals surface area contributed by atoms with Crippen LogP contribution in [0.5, 0.6) is 34.5 Å². The largest absolute Gasteiger partial charge is 0.493 e. The van der Waals surface area contributed by atoms with Gasteiger partial charge in [0, 0.05) is 71.5 Å². The van der Waals surface area contributed by atoms with E-state index in [-0.39, 0.29) is 72.1 Å². The fraction of sp³-hybridized carbons (Fsp3) is 0.644. The van der Waals surface area contributed by atoms with E-state index >= 15 is 0 Å². The molecule has 6 aromatic carbocycles. The van der Waals surface area contributed by atoms with Gasteiger partial charge in [-0.25, -0.2) is 28.8 Å². The minimum Gasteiger partial charge on any atom is -0.493 e. The molecule has 0 spiro atoms. The molecule has 0 heterocycles. The number of anilines is 6. The Bertz CT molecular complexity index is 4610. The van der Waals surface area contributed by atoms with Gasteiger partial charge in [-0.05, 0) is 284 Å². The summed E-state index contributed by atoms with van der Waals surface area (Å²) >= 11 is 0. The standard InChI is InChI=1S/C21H36N2O3.2C20H34N2O3.3C19H32N2O3/c1-6-9-12-25-20-14-17(10-11-19(20)22)21(24)26-15-18(13-16(4)5)23(7-2)8-3;1-6-11-24-19-13-16(21)9-10-18(19)20(23)25-14-17(12-15(4)5)22(7-2)8-3;1-6-11-24-19-13-16(9-10-18(19)21)20(23)25-14-17(12-15(4)5)22(7-2)8-3;1-6-7-10-23-18-12-15(20)8-9-17(18)19(22)24-13-16(21(4)5)11-14(2)3;1-6-21(7-2)16(11-14(4)5)13-24-19(22)17-10-9-15(20)12-18(17)23-8-3;1-6-21(7-2)16(11-14(4)5)13-24-19(22)15-9-10-17(20)18(12-15)23-8-3/h10-11,14,16,18H,6-9,12-13,15,22H2,1-5H3;2*9-10,13,15,17H,6-8,11-12,14,21H2,1-5H3;8-9,12,14,16H,6-7,10-11,13,20H2,1-5H3;2*9-10,12,14,16H,6-8,11,13,20H2,1-5H3/t18-;2*17-;3*16-/m000000/s1. The molecule has 0 saturated heterocycles. The molecule has 6 aromatic rings. The van der Waals surface area contributed by atoms with Gasteiger partial charge in [0.15, 0.2) is 0 Å². The van der Waals surface area contributed by atoms with Crippen LogP contribution in [-0.2, 0) is 28.4 Å². The van der Waals surface area contributed by atoms with E-state index in [4.69, 9.17) is 91.2 Å². The smallest absolute Gasteiger partial charge is 0.341 e. The Morgan fingerprint density at radius 2 is 0.453 bits per heavy atom. The molecule has 0 bridgehead atoms. The van der Waals surface area contributed by atoms with Crippen LogP contribution < -0.4 is 62.8 Å². The van der Waals surface area contributed by atoms with Crippen molar-refractivity contribution in [2.75, 3.05) is 193 Å². The molecular weight excluding hydrogens is 1870 g/mol. The van der Waals surface area contributed by atoms with Crippen molar-refractivity contribution in [3.63, 3.8) is 0 Å². The van der Waals surface area contributed by atoms with Crippen LogP contribution in [0.25, 0.3) is 0 Å². The summed E-state index contributed by atoms with van der Waals surface area (Å²) < 4.78 is 67.1. The van der Waals surface area contributed by atoms with Crippen molar-refractivity contribution in [1.29, 1.82) is 0 Å². The first-order valence-corrected chi connectivity index (χ1v) is 55.0. The molecule has 6 atom stereocenters. The van der Waals surface area contributed by atoms with E-state index in [1.807, 2.05) is 41.8 Å². The zero-order valence-electron chi connectivity index (χ0n) is 96.9. The molecule has 148 heavy (non-hydrogen) atoms. The number of rotatable bonds is 64. The molecule has 0 amide bonds. The molecule has 12 N–H and O–H groups in total. The van der Waals surface area contributed by atoms with Crippen molar-refractivity contribution in [1.82, 2.24) is 29.4 Å². The van der Waals surface area contributed by atoms with Gasteiger partial charge in [-0.1, -0.05) is 193 Å². The highest BCUT2D eigenvalue weighted by molar-refractivity contribution is 5.95. The number of esters is 6. The van der Waals surface area contributed by atoms with E-state index in [1.54, 1.807) is 109 Å². The van der Waals surface area contributed by atoms with Crippen LogP contribution in [0.2, 0.25) is 0 Å². The highest BCUT2D eigenvalue weighted by atomic mass is 16.6. The number of nitrogens with two attached hydrogens (primary N) is 6. The predicted octanol–water partition coefficient (Wildman–Crippen LogP) is 23.0. The maximum atomic E-state index is 12.6. The van der Waals surface area contributed by atoms with Gasteiger partial charge in [0.25, 0.3) is 0 Å². The lowest BCUT2D eigenvalue weighted by Crippen LogP contribution is -2.40. The number of nitrogen functional groups attached to an aromatic ring is 6. The number of benzene rings is 6. The number of carbonyl (C=O) groups is 6. The first kappa shape index (κ1) is 136. The van der Waals surface area contributed by atoms with Crippen LogP contribution in [-0.4, -0.2) is 260 Å². The Labute approximate surface area is 893 Å². The highest BCUT2D eigenvalue weighted by Gasteiger charge is 2.29. The predicted molar refractivity (Wildman–Crippen MR) is 609 cm³/mol. The van der Waals surface area contributed by atoms with Crippen molar-refractivity contribution in [2.45, 2.75) is 307 Å². The van der Waals surface area contributed by atoms with E-state index < -0.39 is 0 Å². The molecule has 0 aliphatic heterocycles. The number of unbranched alkanes of at least 4 members (excludes halogenated alkanes) is 2. The van der Waals surface area contributed by atoms with Crippen LogP contribution in [0.3, 0.4) is 0 Å². The Morgan fingerprint density at radius 3 is 0.682 bits per heavy atom. The number of nitrogens with zero attached hydrogens (tertiary/aromatic N) is 6. The van der Waals surface area contributed by atoms with Gasteiger partial charge in [-0.15, -0.1) is 0 Å². The third kappa shape index (κ3) is 53.8. The number of hydrogen-bond acceptors (Lipinski definition) is 30. The van der Waals surface area contributed by atoms with Crippen molar-refractivity contribution in [3.8, 4) is 34.5 Å². The fourth-order valence-corrected chi connectivity index (χ4v) is 16.7. The fourth-order valence-electron chi connectivity index (χ4n) is 16.7. The topological polar surface area (TPSA) is 389 Å². The van der Waals surface area contributed by atoms with Crippen molar-refractivity contribution < 1.29 is 85.6 Å². The summed E-state index contributed by atoms with van der Waals surface area (Å²) in [6, 6.07) is 31.6. The van der Waals surface area contributed by atoms with Crippen LogP contribution in [0.1, 0.15) is 333 Å². The van der Waals surface area contributed by atoms with E-state index in [9.17, 15) is 28.8 Å². The normalized spacial score (nSPS) is 12.4. The number of ether oxygens (including phenoxy) is 12. The molecule has 0 aliphatic carbocycles. The van der Waals surface area contributed by atoms with E-state index in [0.29, 0.717) is 217 Å². The van der Waals surface area contributed by atoms with Gasteiger partial charge in [-0.2, -0.15) is 0 Å². The first-order chi connectivity index (χ1) is 70.5. The van der Waals surface area contributed by atoms with E-state index in [1.165, 1.54) is 0 Å². The van der Waals surface area contributed by atoms with Crippen molar-refractivity contribution in [2.24, 2.45) is 35.5 Å². The lowest BCUT2D eigenvalue weighted by molar-refractivity contribution is 0.0320. The highest BCUT2D eigenvalue weighted by Crippen LogP contribution is 2.32. The maximum absolute atomic E-state index is 12.6. The first-order valence-electron chi connectivity index (χ1n) is 55.0. The summed E-state index contributed by atoms with van der Waals surface area (Å²) in [6.45, 7) is 74.6. The van der Waals surface area contributed by atoms with Gasteiger partial charge >= 0.3 is 35.8 Å². The second-order valence-electron chi connectivity index (χ2n) is 39.9. The third-order valence-corrected chi connectivity index (χ3v) is 24.7. The summed E-state index contributed by atoms with van der Waals surface area (Å²) in [6.07, 6.45) is 11.7. The number of carbonyl (C=O) groups excluding carboxylic acids is 6. The molecule has 0 aromatic heterocycles. The Hall–Kier alpha value is -10.5. The van der Waals surface area contributed by atoms with Crippen LogP contribution >= 0.6 is 0 Å². The van der Waals surface area contributed by atoms with Crippen LogP contribution in [0.15, 0.2) is 109 Å². The van der Waals surface area contributed by atoms with E-state index in [2.05, 4.69) is 196 Å². The Balaban J connectivity index is 0.000000888. The summed E-state index contributed by atoms with van der Waals surface area (Å²) in [5.41, 5.74) is 41.1. The molecule has 30 nitrogen and oxygen atoms in total. The lowest BCUT2D eigenvalue weighted by atomic mass is 10.0. The molecule has 6 rings (SSSR count). The second-order valence-corrected chi connectivity index (χ2v) is 39.9. The Morgan fingerprint density at radius 1 is 0.243 bits per heavy atom. The zero-order chi connectivity index (χ0) is 112. The van der Waals surface area contributed by atoms with Gasteiger partial charge in [-0.3, -0.25) is 24.5 Å². The van der Waals surface area contributed by atoms with Gasteiger partial charge in [0.2, 0.25) is 0 Å². The van der Waals surface area contributed by atoms with Crippen LogP contribution in [0.4, 0.5) is 34.1 Å². The quantitative estimate of drug-likeness (QED) is 0.00894. The average molecular weight is 2070 g/mol. The monoisotopic (exact) mass is 2070 g/mol. The molecule has 0 saturated carbocycles. The molecular formula is C118H200N12O18. The summed E-state index contributed by atoms with van der Waals surface area (Å²) in [4.78, 5) is 88.6. The Kier molecular flexibility index (Phi) is 71.2. The number of likely N-dealkylation sites (N-methyl/N-ethyl adjacent to an activating group) is 6. The van der Waals surface area contributed by atoms with E-state index in [0.717, 1.165) is 142 Å². The summed E-state index contributed by atoms with van der Waals surface area (Å²) in [5, 5.41) is 0. The van der Waals surface area contributed by atoms with Crippen molar-refractivity contribution in [3.05, 3.63) is 143 Å². The van der Waals surface area contributed by atoms with Gasteiger partial charge in [0.05, 0.1) is 73.4 Å². The molecule has 0 radical (unpaired) electrons. The molecule has 0 aliphatic rings. The second kappa shape index (κ2) is 77.8. The minimum absolute atomic E-state index is 0.201. The summed E-state index contributed by atoms with van der Waals surface area (Å²) in [7, 11) is 4.01. The van der Waals surface area contributed by atoms with Crippen molar-refractivity contribution >= 4 is 69.9 Å². The third-order valence-electron chi connectivity index (χ3n) is 24.7. The minimum atomic E-state index is -0.364. The maximum Gasteiger partial charge on any atom is 0.341 e. The zero-order valence-corrected chi connectivity index (χ0v) is 96.9. The molecule has 0 unspecified atom stereocenters. The average Bonchev–Trinajstić information content (AvgIpc) is 0.842. The SMILES string of the molecule is CCCCOc1cc(C(=O)OC[C@H](CC(C)C)N(CC)CC)ccc1N.CCCCOc1cc(N)ccc1C(=O)OC[C@H](CC(C)C)N(C)C.CCCOc1cc(C(=O)OC[C@H](CC(C)C)N(CC)CC)ccc1N.CCCOc1cc(N)ccc1C(=O)OC[C@H](CC(C)C)N(CC)CC.CCOc1cc(C(=O)OC[C@H](CC(C)C)N(CC)CC)ccc1N.CCOc1cc(N)ccc1C(=O)OC[C@H](CC(C)C)N(CC)CC. The van der Waals surface area contributed by atoms with Gasteiger partial charge in [0.1, 0.15) is 90.8 Å². The molecule has 840 valence electrons. The number of hydrogen-bond donors (Lipinski definition) is 6.